The minimum atomic E-state index is -0.497. The Morgan fingerprint density at radius 2 is 2.25 bits per heavy atom. The average Bonchev–Trinajstić information content (AvgIpc) is 2.28. The van der Waals surface area contributed by atoms with E-state index in [1.807, 2.05) is 6.07 Å². The average molecular weight is 284 g/mol. The molecule has 1 aromatic carbocycles. The van der Waals surface area contributed by atoms with Crippen LogP contribution in [0.2, 0.25) is 0 Å². The van der Waals surface area contributed by atoms with Gasteiger partial charge in [0.05, 0.1) is 13.7 Å². The van der Waals surface area contributed by atoms with Gasteiger partial charge < -0.3 is 9.47 Å². The van der Waals surface area contributed by atoms with Gasteiger partial charge in [0.1, 0.15) is 17.2 Å². The van der Waals surface area contributed by atoms with Crippen LogP contribution in [0.5, 0.6) is 5.75 Å². The van der Waals surface area contributed by atoms with Crippen molar-refractivity contribution in [3.05, 3.63) is 27.7 Å². The zero-order valence-corrected chi connectivity index (χ0v) is 10.5. The maximum Gasteiger partial charge on any atom is 0.341 e. The van der Waals surface area contributed by atoms with Gasteiger partial charge in [-0.15, -0.1) is 0 Å². The lowest BCUT2D eigenvalue weighted by Crippen LogP contribution is -2.08. The summed E-state index contributed by atoms with van der Waals surface area (Å²) in [6, 6.07) is 5.15. The van der Waals surface area contributed by atoms with Gasteiger partial charge in [-0.2, -0.15) is 5.26 Å². The Balaban J connectivity index is 3.31. The molecule has 4 nitrogen and oxygen atoms in total. The molecule has 0 unspecified atom stereocenters. The highest BCUT2D eigenvalue weighted by Gasteiger charge is 2.18. The Kier molecular flexibility index (Phi) is 4.32. The second kappa shape index (κ2) is 5.52. The molecule has 0 spiro atoms. The molecule has 16 heavy (non-hydrogen) atoms. The van der Waals surface area contributed by atoms with E-state index in [-0.39, 0.29) is 23.5 Å². The van der Waals surface area contributed by atoms with E-state index in [4.69, 9.17) is 14.7 Å². The number of nitriles is 1. The third-order valence-electron chi connectivity index (χ3n) is 1.92. The van der Waals surface area contributed by atoms with Crippen molar-refractivity contribution in [3.8, 4) is 11.8 Å². The van der Waals surface area contributed by atoms with Gasteiger partial charge in [-0.25, -0.2) is 4.79 Å². The number of methoxy groups -OCH3 is 1. The highest BCUT2D eigenvalue weighted by Crippen LogP contribution is 2.30. The smallest absolute Gasteiger partial charge is 0.341 e. The van der Waals surface area contributed by atoms with Crippen molar-refractivity contribution in [1.82, 2.24) is 0 Å². The molecular formula is C11H10BrNO3. The van der Waals surface area contributed by atoms with E-state index in [9.17, 15) is 4.79 Å². The maximum atomic E-state index is 11.6. The first kappa shape index (κ1) is 12.5. The maximum absolute atomic E-state index is 11.6. The highest BCUT2D eigenvalue weighted by molar-refractivity contribution is 9.10. The predicted octanol–water partition coefficient (Wildman–Crippen LogP) is 2.51. The van der Waals surface area contributed by atoms with E-state index in [0.29, 0.717) is 4.47 Å². The minimum Gasteiger partial charge on any atom is -0.494 e. The Labute approximate surface area is 102 Å². The summed E-state index contributed by atoms with van der Waals surface area (Å²) < 4.78 is 10.5. The van der Waals surface area contributed by atoms with Gasteiger partial charge in [0.2, 0.25) is 0 Å². The molecule has 0 N–H and O–H groups in total. The molecule has 0 amide bonds. The number of ether oxygens (including phenoxy) is 2. The van der Waals surface area contributed by atoms with E-state index in [0.717, 1.165) is 0 Å². The van der Waals surface area contributed by atoms with Gasteiger partial charge in [0, 0.05) is 4.47 Å². The van der Waals surface area contributed by atoms with E-state index < -0.39 is 5.97 Å². The highest BCUT2D eigenvalue weighted by atomic mass is 79.9. The molecule has 0 saturated carbocycles. The van der Waals surface area contributed by atoms with Crippen molar-refractivity contribution in [3.63, 3.8) is 0 Å². The normalized spacial score (nSPS) is 9.38. The number of halogens is 1. The molecule has 0 saturated heterocycles. The number of hydrogen-bond acceptors (Lipinski definition) is 4. The van der Waals surface area contributed by atoms with Crippen LogP contribution >= 0.6 is 15.9 Å². The number of esters is 1. The fraction of sp³-hybridized carbons (Fsp3) is 0.273. The fourth-order valence-corrected chi connectivity index (χ4v) is 1.65. The quantitative estimate of drug-likeness (QED) is 0.800. The Hall–Kier alpha value is -1.54. The van der Waals surface area contributed by atoms with Crippen LogP contribution in [0.3, 0.4) is 0 Å². The molecule has 0 aliphatic heterocycles. The summed E-state index contributed by atoms with van der Waals surface area (Å²) >= 11 is 3.22. The van der Waals surface area contributed by atoms with Gasteiger partial charge in [-0.05, 0) is 35.0 Å². The zero-order chi connectivity index (χ0) is 12.1. The van der Waals surface area contributed by atoms with Gasteiger partial charge in [-0.3, -0.25) is 0 Å². The molecule has 0 bridgehead atoms. The standard InChI is InChI=1S/C11H10BrNO3/c1-3-16-11(14)7-4-5-9(12)8(6-13)10(7)15-2/h4-5H,3H2,1-2H3. The van der Waals surface area contributed by atoms with Gasteiger partial charge in [-0.1, -0.05) is 0 Å². The Morgan fingerprint density at radius 1 is 1.56 bits per heavy atom. The second-order valence-electron chi connectivity index (χ2n) is 2.84. The van der Waals surface area contributed by atoms with Crippen LogP contribution in [0.1, 0.15) is 22.8 Å². The van der Waals surface area contributed by atoms with E-state index in [1.54, 1.807) is 19.1 Å². The molecule has 0 aromatic heterocycles. The molecule has 0 aliphatic rings. The molecule has 84 valence electrons. The second-order valence-corrected chi connectivity index (χ2v) is 3.69. The third kappa shape index (κ3) is 2.34. The summed E-state index contributed by atoms with van der Waals surface area (Å²) in [4.78, 5) is 11.6. The first-order valence-corrected chi connectivity index (χ1v) is 5.38. The van der Waals surface area contributed by atoms with Crippen LogP contribution in [-0.2, 0) is 4.74 Å². The summed E-state index contributed by atoms with van der Waals surface area (Å²) in [5.74, 6) is -0.265. The minimum absolute atomic E-state index is 0.232. The van der Waals surface area contributed by atoms with E-state index in [1.165, 1.54) is 7.11 Å². The molecule has 0 fully saturated rings. The van der Waals surface area contributed by atoms with Crippen molar-refractivity contribution in [1.29, 1.82) is 5.26 Å². The summed E-state index contributed by atoms with van der Waals surface area (Å²) in [5.41, 5.74) is 0.539. The number of carbonyl (C=O) groups is 1. The van der Waals surface area contributed by atoms with Crippen molar-refractivity contribution in [2.75, 3.05) is 13.7 Å². The third-order valence-corrected chi connectivity index (χ3v) is 2.58. The van der Waals surface area contributed by atoms with Gasteiger partial charge in [0.25, 0.3) is 0 Å². The van der Waals surface area contributed by atoms with Gasteiger partial charge in [0.15, 0.2) is 5.75 Å². The van der Waals surface area contributed by atoms with E-state index in [2.05, 4.69) is 15.9 Å². The largest absolute Gasteiger partial charge is 0.494 e. The summed E-state index contributed by atoms with van der Waals surface area (Å²) in [7, 11) is 1.41. The molecule has 1 rings (SSSR count). The monoisotopic (exact) mass is 283 g/mol. The van der Waals surface area contributed by atoms with E-state index >= 15 is 0 Å². The number of carbonyl (C=O) groups excluding carboxylic acids is 1. The lowest BCUT2D eigenvalue weighted by molar-refractivity contribution is 0.0522. The number of nitrogens with zero attached hydrogens (tertiary/aromatic N) is 1. The summed E-state index contributed by atoms with van der Waals surface area (Å²) in [6.07, 6.45) is 0. The topological polar surface area (TPSA) is 59.3 Å². The van der Waals surface area contributed by atoms with Crippen LogP contribution in [0.25, 0.3) is 0 Å². The van der Waals surface area contributed by atoms with Crippen molar-refractivity contribution in [2.45, 2.75) is 6.92 Å². The number of benzene rings is 1. The van der Waals surface area contributed by atoms with Crippen molar-refractivity contribution >= 4 is 21.9 Å². The molecular weight excluding hydrogens is 274 g/mol. The summed E-state index contributed by atoms with van der Waals surface area (Å²) in [5, 5.41) is 8.95. The number of hydrogen-bond donors (Lipinski definition) is 0. The molecule has 0 heterocycles. The number of rotatable bonds is 3. The van der Waals surface area contributed by atoms with Crippen LogP contribution in [0.15, 0.2) is 16.6 Å². The van der Waals surface area contributed by atoms with Gasteiger partial charge >= 0.3 is 5.97 Å². The SMILES string of the molecule is CCOC(=O)c1ccc(Br)c(C#N)c1OC. The molecule has 1 aromatic rings. The lowest BCUT2D eigenvalue weighted by atomic mass is 10.1. The van der Waals surface area contributed by atoms with Crippen LogP contribution in [0.4, 0.5) is 0 Å². The molecule has 0 atom stereocenters. The first-order valence-electron chi connectivity index (χ1n) is 4.59. The Bertz CT molecular complexity index is 451. The van der Waals surface area contributed by atoms with Crippen LogP contribution < -0.4 is 4.74 Å². The summed E-state index contributed by atoms with van der Waals surface area (Å²) in [6.45, 7) is 1.99. The molecule has 5 heteroatoms. The molecule has 0 aliphatic carbocycles. The van der Waals surface area contributed by atoms with Crippen LogP contribution in [-0.4, -0.2) is 19.7 Å². The fourth-order valence-electron chi connectivity index (χ4n) is 1.24. The molecule has 0 radical (unpaired) electrons. The van der Waals surface area contributed by atoms with Crippen molar-refractivity contribution in [2.24, 2.45) is 0 Å². The first-order chi connectivity index (χ1) is 7.65. The zero-order valence-electron chi connectivity index (χ0n) is 8.91. The Morgan fingerprint density at radius 3 is 2.75 bits per heavy atom. The van der Waals surface area contributed by atoms with Crippen LogP contribution in [0, 0.1) is 11.3 Å². The van der Waals surface area contributed by atoms with Crippen molar-refractivity contribution < 1.29 is 14.3 Å². The lowest BCUT2D eigenvalue weighted by Gasteiger charge is -2.10. The predicted molar refractivity (Wildman–Crippen MR) is 61.4 cm³/mol.